The lowest BCUT2D eigenvalue weighted by Crippen LogP contribution is -2.33. The molecule has 0 aliphatic rings. The highest BCUT2D eigenvalue weighted by Crippen LogP contribution is 2.37. The fraction of sp³-hybridized carbons (Fsp3) is 0.0833. The second-order valence-corrected chi connectivity index (χ2v) is 7.07. The Morgan fingerprint density at radius 1 is 0.706 bits per heavy atom. The van der Waals surface area contributed by atoms with Crippen molar-refractivity contribution in [2.75, 3.05) is 4.90 Å². The van der Waals surface area contributed by atoms with E-state index in [1.807, 2.05) is 0 Å². The summed E-state index contributed by atoms with van der Waals surface area (Å²) in [5.74, 6) is -2.41. The third-order valence-corrected chi connectivity index (χ3v) is 4.67. The number of anilines is 2. The molecule has 0 heterocycles. The molecule has 0 fully saturated rings. The van der Waals surface area contributed by atoms with E-state index in [-0.39, 0.29) is 0 Å². The Morgan fingerprint density at radius 2 is 1.18 bits per heavy atom. The molecule has 4 nitrogen and oxygen atoms in total. The number of amides is 2. The second kappa shape index (κ2) is 9.42. The molecule has 3 aromatic rings. The van der Waals surface area contributed by atoms with Crippen LogP contribution in [0, 0.1) is 0 Å². The minimum Gasteiger partial charge on any atom is -0.365 e. The normalized spacial score (nSPS) is 12.4. The molecule has 2 N–H and O–H groups in total. The first-order valence-electron chi connectivity index (χ1n) is 9.63. The van der Waals surface area contributed by atoms with Gasteiger partial charge in [0, 0.05) is 11.4 Å². The van der Waals surface area contributed by atoms with Crippen molar-refractivity contribution < 1.29 is 35.9 Å². The molecule has 0 aromatic heterocycles. The van der Waals surface area contributed by atoms with Gasteiger partial charge in [0.15, 0.2) is 0 Å². The van der Waals surface area contributed by atoms with Crippen LogP contribution in [0.3, 0.4) is 0 Å². The second-order valence-electron chi connectivity index (χ2n) is 7.07. The molecule has 0 atom stereocenters. The summed E-state index contributed by atoms with van der Waals surface area (Å²) < 4.78 is 79.8. The van der Waals surface area contributed by atoms with Gasteiger partial charge < -0.3 is 5.73 Å². The van der Waals surface area contributed by atoms with Crippen molar-refractivity contribution in [3.05, 3.63) is 101 Å². The summed E-state index contributed by atoms with van der Waals surface area (Å²) >= 11 is 0. The molecule has 3 aromatic carbocycles. The van der Waals surface area contributed by atoms with Gasteiger partial charge in [-0.1, -0.05) is 42.5 Å². The maximum atomic E-state index is 13.4. The summed E-state index contributed by atoms with van der Waals surface area (Å²) in [6.45, 7) is 0. The Labute approximate surface area is 189 Å². The van der Waals surface area contributed by atoms with Crippen molar-refractivity contribution in [3.8, 4) is 0 Å². The monoisotopic (exact) mass is 478 g/mol. The number of rotatable bonds is 5. The number of alkyl halides is 6. The summed E-state index contributed by atoms with van der Waals surface area (Å²) in [4.78, 5) is 26.1. The van der Waals surface area contributed by atoms with E-state index < -0.39 is 52.2 Å². The van der Waals surface area contributed by atoms with E-state index in [1.54, 1.807) is 18.2 Å². The Balaban J connectivity index is 2.22. The molecule has 10 heteroatoms. The van der Waals surface area contributed by atoms with Gasteiger partial charge in [0.25, 0.3) is 11.8 Å². The number of hydrogen-bond donors (Lipinski definition) is 1. The fourth-order valence-electron chi connectivity index (χ4n) is 3.10. The lowest BCUT2D eigenvalue weighted by Gasteiger charge is -2.25. The lowest BCUT2D eigenvalue weighted by molar-refractivity contribution is -0.138. The highest BCUT2D eigenvalue weighted by Gasteiger charge is 2.34. The van der Waals surface area contributed by atoms with Gasteiger partial charge in [0.2, 0.25) is 0 Å². The molecular formula is C24H16F6N2O2. The van der Waals surface area contributed by atoms with E-state index in [0.717, 1.165) is 42.5 Å². The molecule has 0 unspecified atom stereocenters. The molecule has 0 aliphatic heterocycles. The first kappa shape index (κ1) is 24.6. The Hall–Kier alpha value is -4.08. The quantitative estimate of drug-likeness (QED) is 0.213. The van der Waals surface area contributed by atoms with Crippen molar-refractivity contribution in [2.45, 2.75) is 12.4 Å². The number of benzene rings is 3. The van der Waals surface area contributed by atoms with Crippen molar-refractivity contribution >= 4 is 29.3 Å². The predicted molar refractivity (Wildman–Crippen MR) is 114 cm³/mol. The number of hydrogen-bond acceptors (Lipinski definition) is 2. The van der Waals surface area contributed by atoms with Crippen LogP contribution in [0.1, 0.15) is 16.7 Å². The van der Waals surface area contributed by atoms with Crippen LogP contribution in [0.2, 0.25) is 0 Å². The predicted octanol–water partition coefficient (Wildman–Crippen LogP) is 5.96. The van der Waals surface area contributed by atoms with E-state index >= 15 is 0 Å². The van der Waals surface area contributed by atoms with Crippen molar-refractivity contribution in [3.63, 3.8) is 0 Å². The topological polar surface area (TPSA) is 63.4 Å². The van der Waals surface area contributed by atoms with E-state index in [0.29, 0.717) is 22.6 Å². The maximum Gasteiger partial charge on any atom is 0.416 e. The molecule has 0 saturated heterocycles. The third kappa shape index (κ3) is 5.64. The molecular weight excluding hydrogens is 462 g/mol. The number of nitrogens with zero attached hydrogens (tertiary/aromatic N) is 1. The van der Waals surface area contributed by atoms with E-state index in [1.165, 1.54) is 12.1 Å². The summed E-state index contributed by atoms with van der Waals surface area (Å²) in [5, 5.41) is 0. The number of primary amides is 1. The fourth-order valence-corrected chi connectivity index (χ4v) is 3.10. The Kier molecular flexibility index (Phi) is 6.80. The summed E-state index contributed by atoms with van der Waals surface area (Å²) in [7, 11) is 0. The van der Waals surface area contributed by atoms with Crippen molar-refractivity contribution in [1.29, 1.82) is 0 Å². The number of halogens is 6. The minimum absolute atomic E-state index is 0.373. The average Bonchev–Trinajstić information content (AvgIpc) is 2.77. The molecule has 176 valence electrons. The molecule has 3 rings (SSSR count). The molecule has 0 radical (unpaired) electrons. The SMILES string of the molecule is NC(=O)C(=Cc1ccccc1)C(=O)N(c1cccc(C(F)(F)F)c1)c1cccc(C(F)(F)F)c1. The standard InChI is InChI=1S/C24H16F6N2O2/c25-23(26,27)16-8-4-10-18(13-16)32(19-11-5-9-17(14-19)24(28,29)30)22(34)20(21(31)33)12-15-6-2-1-3-7-15/h1-14H,(H2,31,33). The molecule has 0 bridgehead atoms. The van der Waals surface area contributed by atoms with Gasteiger partial charge in [-0.15, -0.1) is 0 Å². The lowest BCUT2D eigenvalue weighted by atomic mass is 10.1. The van der Waals surface area contributed by atoms with Crippen LogP contribution in [0.25, 0.3) is 6.08 Å². The van der Waals surface area contributed by atoms with Gasteiger partial charge >= 0.3 is 12.4 Å². The molecule has 0 saturated carbocycles. The number of nitrogens with two attached hydrogens (primary N) is 1. The molecule has 0 aliphatic carbocycles. The summed E-state index contributed by atoms with van der Waals surface area (Å²) in [6, 6.07) is 14.8. The van der Waals surface area contributed by atoms with Gasteiger partial charge in [0.05, 0.1) is 11.1 Å². The zero-order valence-electron chi connectivity index (χ0n) is 17.2. The van der Waals surface area contributed by atoms with E-state index in [9.17, 15) is 35.9 Å². The van der Waals surface area contributed by atoms with E-state index in [2.05, 4.69) is 0 Å². The minimum atomic E-state index is -4.79. The van der Waals surface area contributed by atoms with Gasteiger partial charge in [-0.3, -0.25) is 14.5 Å². The highest BCUT2D eigenvalue weighted by atomic mass is 19.4. The largest absolute Gasteiger partial charge is 0.416 e. The molecule has 0 spiro atoms. The Bertz CT molecular complexity index is 1180. The number of carbonyl (C=O) groups is 2. The van der Waals surface area contributed by atoms with Crippen LogP contribution in [0.5, 0.6) is 0 Å². The van der Waals surface area contributed by atoms with Crippen LogP contribution < -0.4 is 10.6 Å². The smallest absolute Gasteiger partial charge is 0.365 e. The van der Waals surface area contributed by atoms with Crippen molar-refractivity contribution in [1.82, 2.24) is 0 Å². The van der Waals surface area contributed by atoms with Crippen LogP contribution in [0.4, 0.5) is 37.7 Å². The van der Waals surface area contributed by atoms with Gasteiger partial charge in [-0.2, -0.15) is 26.3 Å². The highest BCUT2D eigenvalue weighted by molar-refractivity contribution is 6.27. The average molecular weight is 478 g/mol. The number of carbonyl (C=O) groups excluding carboxylic acids is 2. The van der Waals surface area contributed by atoms with Crippen molar-refractivity contribution in [2.24, 2.45) is 5.73 Å². The zero-order valence-corrected chi connectivity index (χ0v) is 17.2. The van der Waals surface area contributed by atoms with Crippen LogP contribution in [-0.4, -0.2) is 11.8 Å². The maximum absolute atomic E-state index is 13.4. The third-order valence-electron chi connectivity index (χ3n) is 4.67. The zero-order chi connectivity index (χ0) is 25.1. The molecule has 2 amide bonds. The van der Waals surface area contributed by atoms with Crippen LogP contribution in [0.15, 0.2) is 84.4 Å². The van der Waals surface area contributed by atoms with Crippen LogP contribution >= 0.6 is 0 Å². The summed E-state index contributed by atoms with van der Waals surface area (Å²) in [5.41, 5.74) is 2.02. The van der Waals surface area contributed by atoms with Gasteiger partial charge in [-0.25, -0.2) is 0 Å². The Morgan fingerprint density at radius 3 is 1.59 bits per heavy atom. The van der Waals surface area contributed by atoms with E-state index in [4.69, 9.17) is 5.73 Å². The first-order chi connectivity index (χ1) is 15.9. The first-order valence-corrected chi connectivity index (χ1v) is 9.63. The van der Waals surface area contributed by atoms with Gasteiger partial charge in [-0.05, 0) is 48.0 Å². The molecule has 34 heavy (non-hydrogen) atoms. The summed E-state index contributed by atoms with van der Waals surface area (Å²) in [6.07, 6.45) is -8.46. The van der Waals surface area contributed by atoms with Crippen LogP contribution in [-0.2, 0) is 21.9 Å². The van der Waals surface area contributed by atoms with Gasteiger partial charge in [0.1, 0.15) is 5.57 Å².